The van der Waals surface area contributed by atoms with Crippen molar-refractivity contribution in [2.45, 2.75) is 37.8 Å². The molecule has 0 saturated heterocycles. The van der Waals surface area contributed by atoms with Gasteiger partial charge in [0.25, 0.3) is 0 Å². The zero-order valence-corrected chi connectivity index (χ0v) is 18.6. The molecule has 0 amide bonds. The fourth-order valence-corrected chi connectivity index (χ4v) is 5.65. The first kappa shape index (κ1) is 20.8. The number of aromatic nitrogens is 1. The lowest BCUT2D eigenvalue weighted by Crippen LogP contribution is -2.41. The fourth-order valence-electron chi connectivity index (χ4n) is 4.29. The van der Waals surface area contributed by atoms with E-state index in [9.17, 15) is 8.42 Å². The molecule has 3 aromatic rings. The third kappa shape index (κ3) is 4.21. The van der Waals surface area contributed by atoms with Crippen LogP contribution in [0.4, 0.5) is 0 Å². The first-order valence-electron chi connectivity index (χ1n) is 10.3. The Morgan fingerprint density at radius 1 is 1.03 bits per heavy atom. The maximum Gasteiger partial charge on any atom is 0.240 e. The first-order valence-corrected chi connectivity index (χ1v) is 11.8. The third-order valence-corrected chi connectivity index (χ3v) is 7.59. The highest BCUT2D eigenvalue weighted by atomic mass is 32.2. The average molecular weight is 424 g/mol. The van der Waals surface area contributed by atoms with Gasteiger partial charge in [-0.15, -0.1) is 0 Å². The van der Waals surface area contributed by atoms with Crippen LogP contribution in [0.3, 0.4) is 0 Å². The Kier molecular flexibility index (Phi) is 5.82. The van der Waals surface area contributed by atoms with Gasteiger partial charge in [-0.3, -0.25) is 4.90 Å². The molecule has 158 valence electrons. The molecule has 1 unspecified atom stereocenters. The Labute approximate surface area is 179 Å². The van der Waals surface area contributed by atoms with Crippen LogP contribution in [0.1, 0.15) is 34.0 Å². The Morgan fingerprint density at radius 3 is 2.53 bits per heavy atom. The minimum Gasteiger partial charge on any atom is -0.353 e. The standard InChI is InChI=1S/C24H29N3O2S/c1-18-10-11-19(2)24(15-18)30(28,29)25-16-23(22-9-6-13-26(22)3)27-14-12-20-7-4-5-8-21(20)17-27/h4-11,13,15,23,25H,12,14,16-17H2,1-3H3. The number of hydrogen-bond acceptors (Lipinski definition) is 3. The minimum atomic E-state index is -3.60. The van der Waals surface area contributed by atoms with Gasteiger partial charge in [-0.05, 0) is 60.7 Å². The van der Waals surface area contributed by atoms with Crippen molar-refractivity contribution in [3.8, 4) is 0 Å². The smallest absolute Gasteiger partial charge is 0.240 e. The van der Waals surface area contributed by atoms with Gasteiger partial charge in [0.2, 0.25) is 10.0 Å². The Balaban J connectivity index is 1.60. The summed E-state index contributed by atoms with van der Waals surface area (Å²) in [4.78, 5) is 2.74. The summed E-state index contributed by atoms with van der Waals surface area (Å²) in [6, 6.07) is 18.1. The number of fused-ring (bicyclic) bond motifs is 1. The van der Waals surface area contributed by atoms with Crippen LogP contribution in [-0.4, -0.2) is 31.0 Å². The second kappa shape index (κ2) is 8.38. The average Bonchev–Trinajstić information content (AvgIpc) is 3.15. The van der Waals surface area contributed by atoms with E-state index in [1.807, 2.05) is 45.3 Å². The zero-order chi connectivity index (χ0) is 21.3. The Morgan fingerprint density at radius 2 is 1.80 bits per heavy atom. The highest BCUT2D eigenvalue weighted by molar-refractivity contribution is 7.89. The van der Waals surface area contributed by atoms with Crippen molar-refractivity contribution in [3.63, 3.8) is 0 Å². The number of hydrogen-bond donors (Lipinski definition) is 1. The van der Waals surface area contributed by atoms with Crippen molar-refractivity contribution in [1.82, 2.24) is 14.2 Å². The lowest BCUT2D eigenvalue weighted by Gasteiger charge is -2.36. The summed E-state index contributed by atoms with van der Waals surface area (Å²) in [7, 11) is -1.58. The van der Waals surface area contributed by atoms with Gasteiger partial charge in [0.05, 0.1) is 10.9 Å². The quantitative estimate of drug-likeness (QED) is 0.657. The van der Waals surface area contributed by atoms with Crippen LogP contribution >= 0.6 is 0 Å². The number of aryl methyl sites for hydroxylation is 3. The highest BCUT2D eigenvalue weighted by Gasteiger charge is 2.28. The van der Waals surface area contributed by atoms with E-state index < -0.39 is 10.0 Å². The van der Waals surface area contributed by atoms with Gasteiger partial charge in [-0.2, -0.15) is 0 Å². The zero-order valence-electron chi connectivity index (χ0n) is 17.8. The summed E-state index contributed by atoms with van der Waals surface area (Å²) in [6.45, 7) is 5.80. The van der Waals surface area contributed by atoms with E-state index in [-0.39, 0.29) is 6.04 Å². The van der Waals surface area contributed by atoms with Gasteiger partial charge in [-0.1, -0.05) is 36.4 Å². The van der Waals surface area contributed by atoms with Crippen LogP contribution in [0.15, 0.2) is 65.7 Å². The van der Waals surface area contributed by atoms with Gasteiger partial charge in [0, 0.05) is 38.6 Å². The van der Waals surface area contributed by atoms with E-state index in [1.165, 1.54) is 11.1 Å². The van der Waals surface area contributed by atoms with Gasteiger partial charge < -0.3 is 4.57 Å². The van der Waals surface area contributed by atoms with Crippen molar-refractivity contribution < 1.29 is 8.42 Å². The second-order valence-electron chi connectivity index (χ2n) is 8.17. The monoisotopic (exact) mass is 423 g/mol. The molecular formula is C24H29N3O2S. The molecule has 0 radical (unpaired) electrons. The van der Waals surface area contributed by atoms with Crippen molar-refractivity contribution in [3.05, 3.63) is 88.7 Å². The molecule has 0 fully saturated rings. The molecule has 1 aliphatic rings. The number of benzene rings is 2. The number of nitrogens with zero attached hydrogens (tertiary/aromatic N) is 2. The van der Waals surface area contributed by atoms with Crippen LogP contribution in [0.5, 0.6) is 0 Å². The molecule has 1 aliphatic heterocycles. The largest absolute Gasteiger partial charge is 0.353 e. The number of sulfonamides is 1. The van der Waals surface area contributed by atoms with Gasteiger partial charge >= 0.3 is 0 Å². The van der Waals surface area contributed by atoms with Crippen LogP contribution in [0.2, 0.25) is 0 Å². The molecule has 1 atom stereocenters. The summed E-state index contributed by atoms with van der Waals surface area (Å²) in [5, 5.41) is 0. The number of rotatable bonds is 6. The first-order chi connectivity index (χ1) is 14.3. The van der Waals surface area contributed by atoms with Crippen LogP contribution < -0.4 is 4.72 Å². The van der Waals surface area contributed by atoms with Crippen LogP contribution in [0, 0.1) is 13.8 Å². The summed E-state index contributed by atoms with van der Waals surface area (Å²) >= 11 is 0. The lowest BCUT2D eigenvalue weighted by molar-refractivity contribution is 0.174. The molecule has 2 aromatic carbocycles. The number of nitrogens with one attached hydrogen (secondary N) is 1. The molecule has 1 N–H and O–H groups in total. The molecular weight excluding hydrogens is 394 g/mol. The van der Waals surface area contributed by atoms with Gasteiger partial charge in [0.1, 0.15) is 0 Å². The predicted octanol–water partition coefficient (Wildman–Crippen LogP) is 3.72. The van der Waals surface area contributed by atoms with E-state index in [2.05, 4.69) is 44.5 Å². The van der Waals surface area contributed by atoms with Crippen LogP contribution in [-0.2, 0) is 30.0 Å². The third-order valence-electron chi connectivity index (χ3n) is 6.03. The lowest BCUT2D eigenvalue weighted by atomic mass is 9.98. The molecule has 0 aliphatic carbocycles. The van der Waals surface area contributed by atoms with E-state index in [1.54, 1.807) is 6.07 Å². The molecule has 6 heteroatoms. The van der Waals surface area contributed by atoms with Crippen molar-refractivity contribution in [2.24, 2.45) is 7.05 Å². The Bertz CT molecular complexity index is 1150. The van der Waals surface area contributed by atoms with E-state index in [0.717, 1.165) is 36.3 Å². The minimum absolute atomic E-state index is 0.0433. The van der Waals surface area contributed by atoms with E-state index >= 15 is 0 Å². The van der Waals surface area contributed by atoms with Crippen molar-refractivity contribution in [2.75, 3.05) is 13.1 Å². The maximum atomic E-state index is 13.1. The summed E-state index contributed by atoms with van der Waals surface area (Å²) < 4.78 is 31.2. The SMILES string of the molecule is Cc1ccc(C)c(S(=O)(=O)NCC(c2cccn2C)N2CCc3ccccc3C2)c1. The summed E-state index contributed by atoms with van der Waals surface area (Å²) in [6.07, 6.45) is 2.99. The summed E-state index contributed by atoms with van der Waals surface area (Å²) in [5.74, 6) is 0. The van der Waals surface area contributed by atoms with E-state index in [0.29, 0.717) is 11.4 Å². The normalized spacial score (nSPS) is 15.7. The van der Waals surface area contributed by atoms with E-state index in [4.69, 9.17) is 0 Å². The Hall–Kier alpha value is -2.41. The second-order valence-corrected chi connectivity index (χ2v) is 9.91. The topological polar surface area (TPSA) is 54.3 Å². The molecule has 5 nitrogen and oxygen atoms in total. The molecule has 1 aromatic heterocycles. The maximum absolute atomic E-state index is 13.1. The molecule has 0 saturated carbocycles. The molecule has 30 heavy (non-hydrogen) atoms. The van der Waals surface area contributed by atoms with Gasteiger partial charge in [0.15, 0.2) is 0 Å². The molecule has 0 bridgehead atoms. The molecule has 2 heterocycles. The van der Waals surface area contributed by atoms with Crippen molar-refractivity contribution in [1.29, 1.82) is 0 Å². The predicted molar refractivity (Wildman–Crippen MR) is 120 cm³/mol. The summed E-state index contributed by atoms with van der Waals surface area (Å²) in [5.41, 5.74) is 5.51. The van der Waals surface area contributed by atoms with Crippen molar-refractivity contribution >= 4 is 10.0 Å². The highest BCUT2D eigenvalue weighted by Crippen LogP contribution is 2.28. The van der Waals surface area contributed by atoms with Crippen LogP contribution in [0.25, 0.3) is 0 Å². The molecule has 0 spiro atoms. The fraction of sp³-hybridized carbons (Fsp3) is 0.333. The van der Waals surface area contributed by atoms with Gasteiger partial charge in [-0.25, -0.2) is 13.1 Å². The molecule has 4 rings (SSSR count).